The van der Waals surface area contributed by atoms with E-state index in [1.165, 1.54) is 25.6 Å². The standard InChI is InChI=1S/C12H18N8/c1-9-5-3-4-6-19(9)11-16-10(13-2)17-12(18-11)20-8-14-7-15-20/h7-9H,3-6H2,1-2H3,(H,13,16,17,18). The molecule has 1 aliphatic rings. The van der Waals surface area contributed by atoms with Crippen LogP contribution in [0.2, 0.25) is 0 Å². The highest BCUT2D eigenvalue weighted by atomic mass is 15.4. The molecular formula is C12H18N8. The quantitative estimate of drug-likeness (QED) is 0.889. The molecule has 1 aliphatic heterocycles. The van der Waals surface area contributed by atoms with Crippen molar-refractivity contribution >= 4 is 11.9 Å². The number of hydrogen-bond acceptors (Lipinski definition) is 7. The average Bonchev–Trinajstić information content (AvgIpc) is 3.01. The van der Waals surface area contributed by atoms with Gasteiger partial charge in [0.2, 0.25) is 11.9 Å². The molecule has 1 N–H and O–H groups in total. The van der Waals surface area contributed by atoms with Gasteiger partial charge in [-0.1, -0.05) is 0 Å². The first-order chi connectivity index (χ1) is 9.78. The van der Waals surface area contributed by atoms with Crippen LogP contribution in [0.15, 0.2) is 12.7 Å². The molecule has 106 valence electrons. The smallest absolute Gasteiger partial charge is 0.258 e. The van der Waals surface area contributed by atoms with E-state index in [-0.39, 0.29) is 0 Å². The molecule has 1 saturated heterocycles. The molecule has 8 heteroatoms. The van der Waals surface area contributed by atoms with Crippen molar-refractivity contribution in [2.75, 3.05) is 23.8 Å². The van der Waals surface area contributed by atoms with Gasteiger partial charge >= 0.3 is 0 Å². The molecule has 0 aromatic carbocycles. The Labute approximate surface area is 117 Å². The largest absolute Gasteiger partial charge is 0.357 e. The molecule has 0 spiro atoms. The SMILES string of the molecule is CNc1nc(N2CCCCC2C)nc(-n2cncn2)n1. The molecule has 3 rings (SSSR count). The van der Waals surface area contributed by atoms with Crippen LogP contribution in [-0.4, -0.2) is 49.4 Å². The molecule has 8 nitrogen and oxygen atoms in total. The average molecular weight is 274 g/mol. The van der Waals surface area contributed by atoms with Crippen molar-refractivity contribution in [2.24, 2.45) is 0 Å². The third-order valence-electron chi connectivity index (χ3n) is 3.52. The first kappa shape index (κ1) is 12.8. The Morgan fingerprint density at radius 3 is 2.75 bits per heavy atom. The number of hydrogen-bond donors (Lipinski definition) is 1. The van der Waals surface area contributed by atoms with Gasteiger partial charge in [0, 0.05) is 19.6 Å². The third kappa shape index (κ3) is 2.40. The van der Waals surface area contributed by atoms with Crippen LogP contribution in [-0.2, 0) is 0 Å². The Bertz CT molecular complexity index is 567. The van der Waals surface area contributed by atoms with Gasteiger partial charge in [-0.2, -0.15) is 24.7 Å². The van der Waals surface area contributed by atoms with Gasteiger partial charge in [-0.3, -0.25) is 0 Å². The van der Waals surface area contributed by atoms with Gasteiger partial charge in [0.15, 0.2) is 0 Å². The van der Waals surface area contributed by atoms with Crippen LogP contribution in [0.1, 0.15) is 26.2 Å². The lowest BCUT2D eigenvalue weighted by atomic mass is 10.0. The van der Waals surface area contributed by atoms with Crippen LogP contribution < -0.4 is 10.2 Å². The molecule has 3 heterocycles. The summed E-state index contributed by atoms with van der Waals surface area (Å²) in [5, 5.41) is 7.05. The topological polar surface area (TPSA) is 84.7 Å². The van der Waals surface area contributed by atoms with Crippen LogP contribution in [0.5, 0.6) is 0 Å². The molecule has 0 saturated carbocycles. The van der Waals surface area contributed by atoms with Crippen LogP contribution in [0.25, 0.3) is 5.95 Å². The highest BCUT2D eigenvalue weighted by molar-refractivity contribution is 5.40. The van der Waals surface area contributed by atoms with Crippen molar-refractivity contribution in [3.05, 3.63) is 12.7 Å². The second kappa shape index (κ2) is 5.40. The highest BCUT2D eigenvalue weighted by Gasteiger charge is 2.22. The molecule has 1 atom stereocenters. The predicted molar refractivity (Wildman–Crippen MR) is 74.9 cm³/mol. The first-order valence-corrected chi connectivity index (χ1v) is 6.83. The van der Waals surface area contributed by atoms with E-state index in [0.29, 0.717) is 23.9 Å². The third-order valence-corrected chi connectivity index (χ3v) is 3.52. The zero-order valence-corrected chi connectivity index (χ0v) is 11.7. The van der Waals surface area contributed by atoms with E-state index in [2.05, 4.69) is 42.2 Å². The summed E-state index contributed by atoms with van der Waals surface area (Å²) in [6.07, 6.45) is 6.64. The summed E-state index contributed by atoms with van der Waals surface area (Å²) in [6.45, 7) is 3.18. The number of nitrogens with zero attached hydrogens (tertiary/aromatic N) is 7. The second-order valence-electron chi connectivity index (χ2n) is 4.89. The summed E-state index contributed by atoms with van der Waals surface area (Å²) in [5.41, 5.74) is 0. The molecule has 0 bridgehead atoms. The zero-order valence-electron chi connectivity index (χ0n) is 11.7. The molecule has 2 aromatic rings. The fourth-order valence-corrected chi connectivity index (χ4v) is 2.40. The van der Waals surface area contributed by atoms with E-state index in [1.54, 1.807) is 18.1 Å². The zero-order chi connectivity index (χ0) is 13.9. The summed E-state index contributed by atoms with van der Waals surface area (Å²) in [4.78, 5) is 19.5. The van der Waals surface area contributed by atoms with Crippen molar-refractivity contribution in [2.45, 2.75) is 32.2 Å². The Hall–Kier alpha value is -2.25. The minimum Gasteiger partial charge on any atom is -0.357 e. The van der Waals surface area contributed by atoms with Gasteiger partial charge in [-0.05, 0) is 26.2 Å². The van der Waals surface area contributed by atoms with E-state index >= 15 is 0 Å². The van der Waals surface area contributed by atoms with E-state index in [1.807, 2.05) is 0 Å². The van der Waals surface area contributed by atoms with Crippen molar-refractivity contribution in [1.82, 2.24) is 29.7 Å². The second-order valence-corrected chi connectivity index (χ2v) is 4.89. The molecule has 0 radical (unpaired) electrons. The Kier molecular flexibility index (Phi) is 3.44. The fourth-order valence-electron chi connectivity index (χ4n) is 2.40. The van der Waals surface area contributed by atoms with E-state index in [0.717, 1.165) is 6.54 Å². The van der Waals surface area contributed by atoms with Crippen molar-refractivity contribution < 1.29 is 0 Å². The minimum absolute atomic E-state index is 0.444. The summed E-state index contributed by atoms with van der Waals surface area (Å²) in [6, 6.07) is 0.444. The van der Waals surface area contributed by atoms with Crippen LogP contribution in [0, 0.1) is 0 Å². The normalized spacial score (nSPS) is 19.1. The minimum atomic E-state index is 0.444. The first-order valence-electron chi connectivity index (χ1n) is 6.83. The van der Waals surface area contributed by atoms with Gasteiger partial charge in [0.1, 0.15) is 12.7 Å². The van der Waals surface area contributed by atoms with Gasteiger partial charge in [-0.15, -0.1) is 0 Å². The van der Waals surface area contributed by atoms with Crippen LogP contribution in [0.4, 0.5) is 11.9 Å². The Morgan fingerprint density at radius 2 is 2.05 bits per heavy atom. The van der Waals surface area contributed by atoms with Crippen molar-refractivity contribution in [3.63, 3.8) is 0 Å². The molecule has 1 fully saturated rings. The maximum Gasteiger partial charge on any atom is 0.258 e. The van der Waals surface area contributed by atoms with Gasteiger partial charge in [0.25, 0.3) is 5.95 Å². The number of rotatable bonds is 3. The molecule has 2 aromatic heterocycles. The van der Waals surface area contributed by atoms with Gasteiger partial charge in [-0.25, -0.2) is 4.98 Å². The van der Waals surface area contributed by atoms with Crippen LogP contribution in [0.3, 0.4) is 0 Å². The maximum atomic E-state index is 4.52. The van der Waals surface area contributed by atoms with E-state index in [9.17, 15) is 0 Å². The summed E-state index contributed by atoms with van der Waals surface area (Å²) in [5.74, 6) is 1.72. The molecular weight excluding hydrogens is 256 g/mol. The van der Waals surface area contributed by atoms with Crippen LogP contribution >= 0.6 is 0 Å². The lowest BCUT2D eigenvalue weighted by Gasteiger charge is -2.33. The van der Waals surface area contributed by atoms with Crippen molar-refractivity contribution in [1.29, 1.82) is 0 Å². The van der Waals surface area contributed by atoms with E-state index < -0.39 is 0 Å². The van der Waals surface area contributed by atoms with Crippen molar-refractivity contribution in [3.8, 4) is 5.95 Å². The number of nitrogens with one attached hydrogen (secondary N) is 1. The highest BCUT2D eigenvalue weighted by Crippen LogP contribution is 2.22. The monoisotopic (exact) mass is 274 g/mol. The Morgan fingerprint density at radius 1 is 1.20 bits per heavy atom. The van der Waals surface area contributed by atoms with Gasteiger partial charge < -0.3 is 10.2 Å². The van der Waals surface area contributed by atoms with E-state index in [4.69, 9.17) is 0 Å². The lowest BCUT2D eigenvalue weighted by molar-refractivity contribution is 0.476. The fraction of sp³-hybridized carbons (Fsp3) is 0.583. The molecule has 0 aliphatic carbocycles. The van der Waals surface area contributed by atoms with Gasteiger partial charge in [0.05, 0.1) is 0 Å². The number of aromatic nitrogens is 6. The lowest BCUT2D eigenvalue weighted by Crippen LogP contribution is -2.39. The number of anilines is 2. The molecule has 1 unspecified atom stereocenters. The molecule has 20 heavy (non-hydrogen) atoms. The molecule has 0 amide bonds. The summed E-state index contributed by atoms with van der Waals surface area (Å²) >= 11 is 0. The Balaban J connectivity index is 1.99. The predicted octanol–water partition coefficient (Wildman–Crippen LogP) is 0.873. The summed E-state index contributed by atoms with van der Waals surface area (Å²) in [7, 11) is 1.80. The summed E-state index contributed by atoms with van der Waals surface area (Å²) < 4.78 is 1.54. The number of piperidine rings is 1. The maximum absolute atomic E-state index is 4.52.